The Morgan fingerprint density at radius 3 is 2.47 bits per heavy atom. The second-order valence-corrected chi connectivity index (χ2v) is 4.36. The minimum Gasteiger partial charge on any atom is -0.457 e. The Morgan fingerprint density at radius 2 is 1.84 bits per heavy atom. The minimum absolute atomic E-state index is 0.0946. The largest absolute Gasteiger partial charge is 0.457 e. The lowest BCUT2D eigenvalue weighted by Crippen LogP contribution is -2.07. The van der Waals surface area contributed by atoms with Gasteiger partial charge in [0.25, 0.3) is 0 Å². The monoisotopic (exact) mass is 283 g/mol. The highest BCUT2D eigenvalue weighted by atomic mass is 35.5. The van der Waals surface area contributed by atoms with Crippen LogP contribution in [0.2, 0.25) is 5.02 Å². The zero-order chi connectivity index (χ0) is 13.8. The number of benzene rings is 2. The van der Waals surface area contributed by atoms with Gasteiger partial charge in [0, 0.05) is 35.3 Å². The molecule has 0 saturated carbocycles. The number of hydrogen-bond acceptors (Lipinski definition) is 2. The van der Waals surface area contributed by atoms with Gasteiger partial charge in [-0.3, -0.25) is 0 Å². The molecule has 0 atom stereocenters. The van der Waals surface area contributed by atoms with Gasteiger partial charge in [0.2, 0.25) is 0 Å². The van der Waals surface area contributed by atoms with Crippen molar-refractivity contribution in [3.05, 3.63) is 58.6 Å². The third-order valence-corrected chi connectivity index (χ3v) is 2.85. The highest BCUT2D eigenvalue weighted by Gasteiger charge is 2.09. The van der Waals surface area contributed by atoms with Crippen molar-refractivity contribution >= 4 is 11.6 Å². The van der Waals surface area contributed by atoms with Gasteiger partial charge in [0.15, 0.2) is 0 Å². The summed E-state index contributed by atoms with van der Waals surface area (Å²) in [7, 11) is 1.77. The number of hydrogen-bond donors (Lipinski definition) is 1. The molecule has 0 radical (unpaired) electrons. The van der Waals surface area contributed by atoms with E-state index in [1.807, 2.05) is 0 Å². The first-order valence-corrected chi connectivity index (χ1v) is 6.04. The molecule has 2 nitrogen and oxygen atoms in total. The summed E-state index contributed by atoms with van der Waals surface area (Å²) in [5.74, 6) is -0.816. The molecule has 0 aliphatic heterocycles. The molecule has 0 fully saturated rings. The summed E-state index contributed by atoms with van der Waals surface area (Å²) in [6.45, 7) is 0.493. The molecule has 0 aliphatic rings. The Bertz CT molecular complexity index is 569. The molecule has 0 heterocycles. The second kappa shape index (κ2) is 5.99. The van der Waals surface area contributed by atoms with Crippen molar-refractivity contribution in [2.75, 3.05) is 7.05 Å². The van der Waals surface area contributed by atoms with Crippen LogP contribution in [-0.4, -0.2) is 7.05 Å². The van der Waals surface area contributed by atoms with Gasteiger partial charge in [-0.25, -0.2) is 8.78 Å². The molecule has 19 heavy (non-hydrogen) atoms. The van der Waals surface area contributed by atoms with Crippen LogP contribution in [-0.2, 0) is 6.54 Å². The molecule has 0 amide bonds. The van der Waals surface area contributed by atoms with Crippen LogP contribution < -0.4 is 10.1 Å². The van der Waals surface area contributed by atoms with Crippen molar-refractivity contribution in [2.45, 2.75) is 6.54 Å². The zero-order valence-electron chi connectivity index (χ0n) is 10.2. The van der Waals surface area contributed by atoms with Gasteiger partial charge in [0.1, 0.15) is 23.1 Å². The Hall–Kier alpha value is -1.65. The van der Waals surface area contributed by atoms with Crippen LogP contribution in [0.4, 0.5) is 8.78 Å². The standard InChI is InChI=1S/C14H12ClF2NO/c1-18-8-12-13(15)3-2-4-14(12)19-11-6-9(16)5-10(17)7-11/h2-7,18H,8H2,1H3. The van der Waals surface area contributed by atoms with Crippen LogP contribution in [0, 0.1) is 11.6 Å². The number of halogens is 3. The molecule has 0 spiro atoms. The van der Waals surface area contributed by atoms with E-state index in [2.05, 4.69) is 5.32 Å². The predicted molar refractivity (Wildman–Crippen MR) is 70.6 cm³/mol. The lowest BCUT2D eigenvalue weighted by Gasteiger charge is -2.12. The topological polar surface area (TPSA) is 21.3 Å². The fraction of sp³-hybridized carbons (Fsp3) is 0.143. The molecule has 0 bridgehead atoms. The van der Waals surface area contributed by atoms with Gasteiger partial charge in [-0.2, -0.15) is 0 Å². The van der Waals surface area contributed by atoms with E-state index in [-0.39, 0.29) is 5.75 Å². The van der Waals surface area contributed by atoms with Crippen molar-refractivity contribution in [1.82, 2.24) is 5.32 Å². The van der Waals surface area contributed by atoms with Gasteiger partial charge < -0.3 is 10.1 Å². The van der Waals surface area contributed by atoms with Crippen LogP contribution in [0.3, 0.4) is 0 Å². The quantitative estimate of drug-likeness (QED) is 0.911. The lowest BCUT2D eigenvalue weighted by molar-refractivity contribution is 0.461. The first kappa shape index (κ1) is 13.8. The first-order valence-electron chi connectivity index (χ1n) is 5.66. The van der Waals surface area contributed by atoms with E-state index in [0.29, 0.717) is 17.3 Å². The van der Waals surface area contributed by atoms with E-state index >= 15 is 0 Å². The average Bonchev–Trinajstić information content (AvgIpc) is 2.32. The maximum Gasteiger partial charge on any atom is 0.133 e. The number of ether oxygens (including phenoxy) is 1. The summed E-state index contributed by atoms with van der Waals surface area (Å²) in [5.41, 5.74) is 0.733. The molecule has 2 aromatic rings. The summed E-state index contributed by atoms with van der Waals surface area (Å²) in [4.78, 5) is 0. The van der Waals surface area contributed by atoms with Crippen LogP contribution in [0.1, 0.15) is 5.56 Å². The summed E-state index contributed by atoms with van der Waals surface area (Å²) in [5, 5.41) is 3.49. The smallest absolute Gasteiger partial charge is 0.133 e. The third kappa shape index (κ3) is 3.43. The Morgan fingerprint density at radius 1 is 1.16 bits per heavy atom. The highest BCUT2D eigenvalue weighted by Crippen LogP contribution is 2.31. The average molecular weight is 284 g/mol. The Balaban J connectivity index is 2.34. The van der Waals surface area contributed by atoms with E-state index in [4.69, 9.17) is 16.3 Å². The first-order chi connectivity index (χ1) is 9.10. The van der Waals surface area contributed by atoms with Crippen molar-refractivity contribution in [3.8, 4) is 11.5 Å². The van der Waals surface area contributed by atoms with Gasteiger partial charge >= 0.3 is 0 Å². The second-order valence-electron chi connectivity index (χ2n) is 3.95. The molecule has 100 valence electrons. The predicted octanol–water partition coefficient (Wildman–Crippen LogP) is 4.13. The van der Waals surface area contributed by atoms with E-state index < -0.39 is 11.6 Å². The fourth-order valence-corrected chi connectivity index (χ4v) is 1.93. The molecule has 0 aromatic heterocycles. The molecule has 0 aliphatic carbocycles. The van der Waals surface area contributed by atoms with Gasteiger partial charge in [-0.1, -0.05) is 17.7 Å². The molecule has 2 rings (SSSR count). The molecule has 1 N–H and O–H groups in total. The molecule has 0 unspecified atom stereocenters. The Labute approximate surface area is 115 Å². The van der Waals surface area contributed by atoms with Crippen LogP contribution in [0.15, 0.2) is 36.4 Å². The molecular weight excluding hydrogens is 272 g/mol. The van der Waals surface area contributed by atoms with Crippen molar-refractivity contribution in [2.24, 2.45) is 0 Å². The van der Waals surface area contributed by atoms with E-state index in [1.54, 1.807) is 25.2 Å². The summed E-state index contributed by atoms with van der Waals surface area (Å²) >= 11 is 6.07. The molecule has 0 saturated heterocycles. The van der Waals surface area contributed by atoms with Crippen molar-refractivity contribution in [1.29, 1.82) is 0 Å². The zero-order valence-corrected chi connectivity index (χ0v) is 11.0. The highest BCUT2D eigenvalue weighted by molar-refractivity contribution is 6.31. The summed E-state index contributed by atoms with van der Waals surface area (Å²) in [6, 6.07) is 8.17. The van der Waals surface area contributed by atoms with Gasteiger partial charge in [-0.15, -0.1) is 0 Å². The molecule has 2 aromatic carbocycles. The van der Waals surface area contributed by atoms with E-state index in [9.17, 15) is 8.78 Å². The summed E-state index contributed by atoms with van der Waals surface area (Å²) < 4.78 is 31.7. The summed E-state index contributed by atoms with van der Waals surface area (Å²) in [6.07, 6.45) is 0. The maximum absolute atomic E-state index is 13.1. The van der Waals surface area contributed by atoms with Crippen molar-refractivity contribution < 1.29 is 13.5 Å². The van der Waals surface area contributed by atoms with Crippen molar-refractivity contribution in [3.63, 3.8) is 0 Å². The normalized spacial score (nSPS) is 10.5. The maximum atomic E-state index is 13.1. The van der Waals surface area contributed by atoms with Crippen LogP contribution in [0.5, 0.6) is 11.5 Å². The van der Waals surface area contributed by atoms with E-state index in [0.717, 1.165) is 23.8 Å². The number of rotatable bonds is 4. The van der Waals surface area contributed by atoms with Crippen LogP contribution in [0.25, 0.3) is 0 Å². The molecule has 5 heteroatoms. The lowest BCUT2D eigenvalue weighted by atomic mass is 10.2. The fourth-order valence-electron chi connectivity index (χ4n) is 1.70. The van der Waals surface area contributed by atoms with Gasteiger partial charge in [-0.05, 0) is 19.2 Å². The molecular formula is C14H12ClF2NO. The third-order valence-electron chi connectivity index (χ3n) is 2.49. The number of nitrogens with one attached hydrogen (secondary N) is 1. The van der Waals surface area contributed by atoms with Gasteiger partial charge in [0.05, 0.1) is 0 Å². The minimum atomic E-state index is -0.688. The Kier molecular flexibility index (Phi) is 4.35. The van der Waals surface area contributed by atoms with Crippen LogP contribution >= 0.6 is 11.6 Å². The van der Waals surface area contributed by atoms with E-state index in [1.165, 1.54) is 0 Å². The SMILES string of the molecule is CNCc1c(Cl)cccc1Oc1cc(F)cc(F)c1.